The molecule has 0 spiro atoms. The lowest BCUT2D eigenvalue weighted by Gasteiger charge is -2.10. The molecule has 7 heteroatoms. The molecule has 0 unspecified atom stereocenters. The SMILES string of the molecule is C=C(C(=O)OCCCCOc1ccc(C=O)cc1)C(F)(F)F. The van der Waals surface area contributed by atoms with E-state index in [0.717, 1.165) is 0 Å². The fraction of sp³-hybridized carbons (Fsp3) is 0.333. The highest BCUT2D eigenvalue weighted by Crippen LogP contribution is 2.24. The molecule has 4 nitrogen and oxygen atoms in total. The van der Waals surface area contributed by atoms with Crippen LogP contribution in [0.25, 0.3) is 0 Å². The van der Waals surface area contributed by atoms with Crippen LogP contribution < -0.4 is 4.74 Å². The fourth-order valence-electron chi connectivity index (χ4n) is 1.40. The van der Waals surface area contributed by atoms with Gasteiger partial charge in [-0.3, -0.25) is 4.79 Å². The summed E-state index contributed by atoms with van der Waals surface area (Å²) < 4.78 is 46.2. The fourth-order valence-corrected chi connectivity index (χ4v) is 1.40. The number of benzene rings is 1. The Labute approximate surface area is 125 Å². The number of esters is 1. The van der Waals surface area contributed by atoms with Crippen LogP contribution in [-0.4, -0.2) is 31.6 Å². The van der Waals surface area contributed by atoms with Gasteiger partial charge in [0.15, 0.2) is 0 Å². The maximum absolute atomic E-state index is 12.1. The van der Waals surface area contributed by atoms with Crippen molar-refractivity contribution >= 4 is 12.3 Å². The van der Waals surface area contributed by atoms with Crippen molar-refractivity contribution in [2.24, 2.45) is 0 Å². The van der Waals surface area contributed by atoms with Crippen molar-refractivity contribution in [2.45, 2.75) is 19.0 Å². The Hall–Kier alpha value is -2.31. The zero-order valence-electron chi connectivity index (χ0n) is 11.7. The highest BCUT2D eigenvalue weighted by Gasteiger charge is 2.37. The number of alkyl halides is 3. The monoisotopic (exact) mass is 316 g/mol. The Bertz CT molecular complexity index is 521. The van der Waals surface area contributed by atoms with Gasteiger partial charge >= 0.3 is 12.1 Å². The summed E-state index contributed by atoms with van der Waals surface area (Å²) in [6.45, 7) is 2.83. The summed E-state index contributed by atoms with van der Waals surface area (Å²) in [6, 6.07) is 6.48. The number of carbonyl (C=O) groups excluding carboxylic acids is 2. The minimum atomic E-state index is -4.77. The van der Waals surface area contributed by atoms with Gasteiger partial charge in [0.2, 0.25) is 0 Å². The van der Waals surface area contributed by atoms with E-state index in [0.29, 0.717) is 37.0 Å². The van der Waals surface area contributed by atoms with Crippen molar-refractivity contribution in [2.75, 3.05) is 13.2 Å². The molecule has 120 valence electrons. The quantitative estimate of drug-likeness (QED) is 0.319. The topological polar surface area (TPSA) is 52.6 Å². The van der Waals surface area contributed by atoms with Gasteiger partial charge in [-0.25, -0.2) is 4.79 Å². The molecule has 0 fully saturated rings. The van der Waals surface area contributed by atoms with E-state index in [-0.39, 0.29) is 6.61 Å². The van der Waals surface area contributed by atoms with E-state index in [4.69, 9.17) is 4.74 Å². The first-order valence-corrected chi connectivity index (χ1v) is 6.46. The predicted octanol–water partition coefficient (Wildman–Crippen LogP) is 3.32. The van der Waals surface area contributed by atoms with Gasteiger partial charge in [0.1, 0.15) is 17.6 Å². The second kappa shape index (κ2) is 8.21. The van der Waals surface area contributed by atoms with E-state index in [1.54, 1.807) is 24.3 Å². The second-order valence-corrected chi connectivity index (χ2v) is 4.35. The minimum absolute atomic E-state index is 0.138. The first kappa shape index (κ1) is 17.7. The molecule has 0 saturated carbocycles. The zero-order chi connectivity index (χ0) is 16.6. The van der Waals surface area contributed by atoms with E-state index in [1.807, 2.05) is 0 Å². The van der Waals surface area contributed by atoms with Crippen LogP contribution in [0.4, 0.5) is 13.2 Å². The van der Waals surface area contributed by atoms with E-state index in [9.17, 15) is 22.8 Å². The van der Waals surface area contributed by atoms with Gasteiger partial charge < -0.3 is 9.47 Å². The maximum Gasteiger partial charge on any atom is 0.422 e. The number of carbonyl (C=O) groups is 2. The zero-order valence-corrected chi connectivity index (χ0v) is 11.7. The molecule has 1 rings (SSSR count). The van der Waals surface area contributed by atoms with Crippen LogP contribution in [0.1, 0.15) is 23.2 Å². The molecule has 0 bridgehead atoms. The highest BCUT2D eigenvalue weighted by molar-refractivity contribution is 5.89. The van der Waals surface area contributed by atoms with E-state index < -0.39 is 17.7 Å². The van der Waals surface area contributed by atoms with Crippen LogP contribution in [0, 0.1) is 0 Å². The Morgan fingerprint density at radius 1 is 1.14 bits per heavy atom. The van der Waals surface area contributed by atoms with Gasteiger partial charge in [-0.05, 0) is 37.1 Å². The van der Waals surface area contributed by atoms with Crippen molar-refractivity contribution in [3.8, 4) is 5.75 Å². The first-order chi connectivity index (χ1) is 10.3. The van der Waals surface area contributed by atoms with Crippen molar-refractivity contribution in [3.05, 3.63) is 42.0 Å². The second-order valence-electron chi connectivity index (χ2n) is 4.35. The summed E-state index contributed by atoms with van der Waals surface area (Å²) in [5.41, 5.74) is -0.983. The Morgan fingerprint density at radius 3 is 2.27 bits per heavy atom. The van der Waals surface area contributed by atoms with Gasteiger partial charge in [-0.2, -0.15) is 13.2 Å². The smallest absolute Gasteiger partial charge is 0.422 e. The average Bonchev–Trinajstić information content (AvgIpc) is 2.49. The number of rotatable bonds is 8. The number of aldehydes is 1. The maximum atomic E-state index is 12.1. The lowest BCUT2D eigenvalue weighted by Crippen LogP contribution is -2.21. The normalized spacial score (nSPS) is 10.9. The van der Waals surface area contributed by atoms with Crippen LogP contribution in [-0.2, 0) is 9.53 Å². The molecule has 22 heavy (non-hydrogen) atoms. The van der Waals surface area contributed by atoms with Crippen molar-refractivity contribution in [1.29, 1.82) is 0 Å². The summed E-state index contributed by atoms with van der Waals surface area (Å²) in [6.07, 6.45) is -3.19. The summed E-state index contributed by atoms with van der Waals surface area (Å²) in [5, 5.41) is 0. The van der Waals surface area contributed by atoms with Crippen LogP contribution in [0.3, 0.4) is 0 Å². The third-order valence-electron chi connectivity index (χ3n) is 2.65. The van der Waals surface area contributed by atoms with Gasteiger partial charge in [0.05, 0.1) is 13.2 Å². The lowest BCUT2D eigenvalue weighted by molar-refractivity contribution is -0.150. The molecule has 1 aromatic carbocycles. The summed E-state index contributed by atoms with van der Waals surface area (Å²) in [5.74, 6) is -0.883. The molecule has 0 aliphatic carbocycles. The number of hydrogen-bond acceptors (Lipinski definition) is 4. The van der Waals surface area contributed by atoms with Crippen molar-refractivity contribution in [3.63, 3.8) is 0 Å². The summed E-state index contributed by atoms with van der Waals surface area (Å²) in [4.78, 5) is 21.5. The molecule has 0 aromatic heterocycles. The van der Waals surface area contributed by atoms with Gasteiger partial charge in [0, 0.05) is 5.56 Å². The lowest BCUT2D eigenvalue weighted by atomic mass is 10.2. The van der Waals surface area contributed by atoms with Crippen LogP contribution in [0.15, 0.2) is 36.4 Å². The largest absolute Gasteiger partial charge is 0.494 e. The number of unbranched alkanes of at least 4 members (excludes halogenated alkanes) is 1. The van der Waals surface area contributed by atoms with Crippen molar-refractivity contribution in [1.82, 2.24) is 0 Å². The van der Waals surface area contributed by atoms with E-state index >= 15 is 0 Å². The highest BCUT2D eigenvalue weighted by atomic mass is 19.4. The standard InChI is InChI=1S/C15H15F3O4/c1-11(15(16,17)18)14(20)22-9-3-2-8-21-13-6-4-12(10-19)5-7-13/h4-7,10H,1-3,8-9H2. The van der Waals surface area contributed by atoms with Crippen LogP contribution >= 0.6 is 0 Å². The van der Waals surface area contributed by atoms with Crippen LogP contribution in [0.2, 0.25) is 0 Å². The summed E-state index contributed by atoms with van der Waals surface area (Å²) in [7, 11) is 0. The molecule has 0 heterocycles. The van der Waals surface area contributed by atoms with Gasteiger partial charge in [0.25, 0.3) is 0 Å². The van der Waals surface area contributed by atoms with E-state index in [2.05, 4.69) is 11.3 Å². The number of halogens is 3. The molecular formula is C15H15F3O4. The van der Waals surface area contributed by atoms with Crippen molar-refractivity contribution < 1.29 is 32.2 Å². The third kappa shape index (κ3) is 5.99. The molecular weight excluding hydrogens is 301 g/mol. The molecule has 0 N–H and O–H groups in total. The number of hydrogen-bond donors (Lipinski definition) is 0. The predicted molar refractivity (Wildman–Crippen MR) is 72.7 cm³/mol. The molecule has 0 amide bonds. The first-order valence-electron chi connectivity index (χ1n) is 6.46. The average molecular weight is 316 g/mol. The molecule has 0 atom stereocenters. The molecule has 0 aliphatic heterocycles. The minimum Gasteiger partial charge on any atom is -0.494 e. The Kier molecular flexibility index (Phi) is 6.62. The third-order valence-corrected chi connectivity index (χ3v) is 2.65. The molecule has 1 aromatic rings. The molecule has 0 saturated heterocycles. The summed E-state index contributed by atoms with van der Waals surface area (Å²) >= 11 is 0. The van der Waals surface area contributed by atoms with Gasteiger partial charge in [-0.1, -0.05) is 6.58 Å². The Balaban J connectivity index is 2.16. The molecule has 0 radical (unpaired) electrons. The van der Waals surface area contributed by atoms with Crippen LogP contribution in [0.5, 0.6) is 5.75 Å². The van der Waals surface area contributed by atoms with E-state index in [1.165, 1.54) is 0 Å². The number of ether oxygens (including phenoxy) is 2. The van der Waals surface area contributed by atoms with Gasteiger partial charge in [-0.15, -0.1) is 0 Å². The molecule has 0 aliphatic rings. The Morgan fingerprint density at radius 2 is 1.73 bits per heavy atom.